The predicted molar refractivity (Wildman–Crippen MR) is 103 cm³/mol. The van der Waals surface area contributed by atoms with Gasteiger partial charge in [0.1, 0.15) is 11.6 Å². The zero-order valence-electron chi connectivity index (χ0n) is 15.0. The van der Waals surface area contributed by atoms with E-state index in [9.17, 15) is 13.6 Å². The number of para-hydroxylation sites is 1. The van der Waals surface area contributed by atoms with Gasteiger partial charge in [0.2, 0.25) is 0 Å². The van der Waals surface area contributed by atoms with Crippen molar-refractivity contribution >= 4 is 17.7 Å². The maximum absolute atomic E-state index is 14.1. The van der Waals surface area contributed by atoms with E-state index in [-0.39, 0.29) is 16.9 Å². The summed E-state index contributed by atoms with van der Waals surface area (Å²) in [7, 11) is 0. The van der Waals surface area contributed by atoms with Gasteiger partial charge in [-0.3, -0.25) is 4.79 Å². The first-order chi connectivity index (χ1) is 13.6. The highest BCUT2D eigenvalue weighted by atomic mass is 32.2. The van der Waals surface area contributed by atoms with E-state index in [2.05, 4.69) is 10.2 Å². The Morgan fingerprint density at radius 2 is 1.93 bits per heavy atom. The van der Waals surface area contributed by atoms with Crippen LogP contribution in [0.3, 0.4) is 0 Å². The maximum Gasteiger partial charge on any atom is 0.276 e. The van der Waals surface area contributed by atoms with Crippen LogP contribution in [-0.2, 0) is 0 Å². The molecule has 0 radical (unpaired) electrons. The Kier molecular flexibility index (Phi) is 5.38. The molecule has 0 aliphatic carbocycles. The molecule has 0 spiro atoms. The lowest BCUT2D eigenvalue weighted by molar-refractivity contribution is 0.0760. The van der Waals surface area contributed by atoms with E-state index >= 15 is 0 Å². The molecule has 5 nitrogen and oxygen atoms in total. The van der Waals surface area contributed by atoms with Crippen LogP contribution < -0.4 is 0 Å². The number of carbonyl (C=O) groups is 1. The average Bonchev–Trinajstić information content (AvgIpc) is 3.08. The third-order valence-electron chi connectivity index (χ3n) is 4.63. The summed E-state index contributed by atoms with van der Waals surface area (Å²) in [6.45, 7) is 0.972. The van der Waals surface area contributed by atoms with E-state index in [0.717, 1.165) is 17.8 Å². The molecule has 3 aromatic rings. The zero-order valence-corrected chi connectivity index (χ0v) is 15.8. The smallest absolute Gasteiger partial charge is 0.276 e. The monoisotopic (exact) mass is 400 g/mol. The van der Waals surface area contributed by atoms with E-state index in [1.807, 2.05) is 30.3 Å². The molecule has 8 heteroatoms. The van der Waals surface area contributed by atoms with Gasteiger partial charge in [-0.2, -0.15) is 21.7 Å². The van der Waals surface area contributed by atoms with Crippen molar-refractivity contribution in [3.05, 3.63) is 77.6 Å². The lowest BCUT2D eigenvalue weighted by atomic mass is 10.1. The first-order valence-corrected chi connectivity index (χ1v) is 10.0. The van der Waals surface area contributed by atoms with Crippen molar-refractivity contribution in [1.82, 2.24) is 19.9 Å². The van der Waals surface area contributed by atoms with Crippen LogP contribution in [0.2, 0.25) is 0 Å². The number of amides is 1. The second-order valence-electron chi connectivity index (χ2n) is 6.46. The van der Waals surface area contributed by atoms with Gasteiger partial charge in [0.25, 0.3) is 5.91 Å². The maximum atomic E-state index is 14.1. The second kappa shape index (κ2) is 8.10. The number of hydrogen-bond acceptors (Lipinski definition) is 4. The summed E-state index contributed by atoms with van der Waals surface area (Å²) < 4.78 is 27.6. The van der Waals surface area contributed by atoms with E-state index in [1.54, 1.807) is 4.90 Å². The van der Waals surface area contributed by atoms with Crippen molar-refractivity contribution in [3.8, 4) is 5.69 Å². The Morgan fingerprint density at radius 3 is 2.75 bits per heavy atom. The fraction of sp³-hybridized carbons (Fsp3) is 0.250. The minimum absolute atomic E-state index is 0.187. The van der Waals surface area contributed by atoms with Crippen LogP contribution in [0, 0.1) is 11.6 Å². The minimum atomic E-state index is -0.452. The number of halogens is 2. The second-order valence-corrected chi connectivity index (χ2v) is 7.77. The van der Waals surface area contributed by atoms with E-state index < -0.39 is 11.6 Å². The summed E-state index contributed by atoms with van der Waals surface area (Å²) in [6.07, 6.45) is 2.00. The number of nitrogens with zero attached hydrogens (tertiary/aromatic N) is 4. The molecule has 144 valence electrons. The number of carbonyl (C=O) groups excluding carboxylic acids is 1. The predicted octanol–water partition coefficient (Wildman–Crippen LogP) is 3.87. The molecule has 1 amide bonds. The average molecular weight is 400 g/mol. The van der Waals surface area contributed by atoms with Crippen LogP contribution in [0.25, 0.3) is 5.69 Å². The van der Waals surface area contributed by atoms with Gasteiger partial charge in [0, 0.05) is 29.7 Å². The van der Waals surface area contributed by atoms with Gasteiger partial charge in [0.15, 0.2) is 5.69 Å². The highest BCUT2D eigenvalue weighted by Gasteiger charge is 2.26. The lowest BCUT2D eigenvalue weighted by Crippen LogP contribution is -2.33. The fourth-order valence-corrected chi connectivity index (χ4v) is 4.43. The van der Waals surface area contributed by atoms with Gasteiger partial charge in [-0.25, -0.2) is 8.78 Å². The highest BCUT2D eigenvalue weighted by molar-refractivity contribution is 7.99. The summed E-state index contributed by atoms with van der Waals surface area (Å²) >= 11 is 1.54. The first kappa shape index (κ1) is 18.6. The zero-order chi connectivity index (χ0) is 19.5. The van der Waals surface area contributed by atoms with Gasteiger partial charge >= 0.3 is 0 Å². The molecule has 2 heterocycles. The van der Waals surface area contributed by atoms with Crippen LogP contribution in [-0.4, -0.2) is 44.6 Å². The molecule has 1 unspecified atom stereocenters. The van der Waals surface area contributed by atoms with Gasteiger partial charge in [-0.15, -0.1) is 5.10 Å². The van der Waals surface area contributed by atoms with Crippen molar-refractivity contribution < 1.29 is 13.6 Å². The lowest BCUT2D eigenvalue weighted by Gasteiger charge is -2.19. The minimum Gasteiger partial charge on any atom is -0.336 e. The standard InChI is InChI=1S/C20H18F2N4OS/c21-14-6-7-17(22)16(12-14)19-8-9-25(10-11-28-19)20(27)18-13-23-26(24-18)15-4-2-1-3-5-15/h1-7,12-13,19H,8-11H2. The molecule has 1 aromatic heterocycles. The van der Waals surface area contributed by atoms with Crippen LogP contribution in [0.15, 0.2) is 54.7 Å². The molecule has 2 aromatic carbocycles. The van der Waals surface area contributed by atoms with E-state index in [1.165, 1.54) is 28.8 Å². The Labute approximate surface area is 165 Å². The Morgan fingerprint density at radius 1 is 1.11 bits per heavy atom. The molecular weight excluding hydrogens is 382 g/mol. The molecule has 0 bridgehead atoms. The molecule has 1 saturated heterocycles. The van der Waals surface area contributed by atoms with Crippen LogP contribution >= 0.6 is 11.8 Å². The fourth-order valence-electron chi connectivity index (χ4n) is 3.19. The number of aromatic nitrogens is 3. The molecule has 28 heavy (non-hydrogen) atoms. The molecule has 1 aliphatic heterocycles. The van der Waals surface area contributed by atoms with Crippen LogP contribution in [0.4, 0.5) is 8.78 Å². The first-order valence-electron chi connectivity index (χ1n) is 8.95. The molecule has 1 aliphatic rings. The van der Waals surface area contributed by atoms with Crippen molar-refractivity contribution in [2.75, 3.05) is 18.8 Å². The third-order valence-corrected chi connectivity index (χ3v) is 5.94. The molecule has 0 N–H and O–H groups in total. The molecule has 0 saturated carbocycles. The topological polar surface area (TPSA) is 51.0 Å². The molecule has 1 fully saturated rings. The van der Waals surface area contributed by atoms with Crippen LogP contribution in [0.5, 0.6) is 0 Å². The van der Waals surface area contributed by atoms with Gasteiger partial charge in [-0.05, 0) is 36.8 Å². The van der Waals surface area contributed by atoms with Gasteiger partial charge < -0.3 is 4.90 Å². The summed E-state index contributed by atoms with van der Waals surface area (Å²) in [5, 5.41) is 8.27. The summed E-state index contributed by atoms with van der Waals surface area (Å²) in [4.78, 5) is 15.9. The van der Waals surface area contributed by atoms with E-state index in [0.29, 0.717) is 30.8 Å². The third kappa shape index (κ3) is 3.91. The Balaban J connectivity index is 1.46. The number of hydrogen-bond donors (Lipinski definition) is 0. The van der Waals surface area contributed by atoms with Gasteiger partial charge in [-0.1, -0.05) is 18.2 Å². The van der Waals surface area contributed by atoms with Crippen LogP contribution in [0.1, 0.15) is 27.7 Å². The quantitative estimate of drug-likeness (QED) is 0.670. The largest absolute Gasteiger partial charge is 0.336 e. The summed E-state index contributed by atoms with van der Waals surface area (Å²) in [6, 6.07) is 12.9. The van der Waals surface area contributed by atoms with Crippen molar-refractivity contribution in [2.45, 2.75) is 11.7 Å². The molecular formula is C20H18F2N4OS. The highest BCUT2D eigenvalue weighted by Crippen LogP contribution is 2.36. The SMILES string of the molecule is O=C(c1cnn(-c2ccccc2)n1)N1CCSC(c2cc(F)ccc2F)CC1. The normalized spacial score (nSPS) is 17.4. The summed E-state index contributed by atoms with van der Waals surface area (Å²) in [5.41, 5.74) is 1.40. The van der Waals surface area contributed by atoms with Crippen molar-refractivity contribution in [2.24, 2.45) is 0 Å². The van der Waals surface area contributed by atoms with Gasteiger partial charge in [0.05, 0.1) is 11.9 Å². The molecule has 4 rings (SSSR count). The Hall–Kier alpha value is -2.74. The number of rotatable bonds is 3. The molecule has 1 atom stereocenters. The summed E-state index contributed by atoms with van der Waals surface area (Å²) in [5.74, 6) is -0.432. The van der Waals surface area contributed by atoms with Crippen molar-refractivity contribution in [1.29, 1.82) is 0 Å². The number of benzene rings is 2. The number of thioether (sulfide) groups is 1. The van der Waals surface area contributed by atoms with E-state index in [4.69, 9.17) is 0 Å². The Bertz CT molecular complexity index is 979. The van der Waals surface area contributed by atoms with Crippen molar-refractivity contribution in [3.63, 3.8) is 0 Å².